The molecule has 0 aromatic heterocycles. The Balaban J connectivity index is 5.15. The molecule has 0 heterocycles. The zero-order chi connectivity index (χ0) is 69.3. The van der Waals surface area contributed by atoms with Crippen LogP contribution in [0.1, 0.15) is 388 Å². The molecular formula is C75H146O17P2. The van der Waals surface area contributed by atoms with E-state index >= 15 is 0 Å². The topological polar surface area (TPSA) is 237 Å². The van der Waals surface area contributed by atoms with Crippen LogP contribution in [0, 0.1) is 11.8 Å². The number of carbonyl (C=O) groups is 4. The molecule has 0 rings (SSSR count). The van der Waals surface area contributed by atoms with Crippen LogP contribution in [0.5, 0.6) is 0 Å². The Bertz CT molecular complexity index is 1820. The van der Waals surface area contributed by atoms with E-state index in [9.17, 15) is 43.2 Å². The van der Waals surface area contributed by atoms with Gasteiger partial charge in [-0.1, -0.05) is 337 Å². The molecule has 0 radical (unpaired) electrons. The van der Waals surface area contributed by atoms with Gasteiger partial charge >= 0.3 is 39.5 Å². The van der Waals surface area contributed by atoms with Gasteiger partial charge in [-0.25, -0.2) is 9.13 Å². The predicted octanol–water partition coefficient (Wildman–Crippen LogP) is 21.9. The molecule has 0 saturated carbocycles. The summed E-state index contributed by atoms with van der Waals surface area (Å²) in [6.07, 6.45) is 54.4. The van der Waals surface area contributed by atoms with Crippen molar-refractivity contribution in [3.8, 4) is 0 Å². The number of unbranched alkanes of at least 4 members (excludes halogenated alkanes) is 43. The highest BCUT2D eigenvalue weighted by atomic mass is 31.2. The van der Waals surface area contributed by atoms with Crippen molar-refractivity contribution in [2.24, 2.45) is 11.8 Å². The first-order valence-electron chi connectivity index (χ1n) is 39.0. The van der Waals surface area contributed by atoms with E-state index in [0.29, 0.717) is 25.7 Å². The molecule has 0 amide bonds. The number of ether oxygens (including phenoxy) is 4. The summed E-state index contributed by atoms with van der Waals surface area (Å²) < 4.78 is 68.3. The maximum Gasteiger partial charge on any atom is 0.472 e. The van der Waals surface area contributed by atoms with Gasteiger partial charge in [0.1, 0.15) is 19.3 Å². The van der Waals surface area contributed by atoms with Gasteiger partial charge in [0.2, 0.25) is 0 Å². The first-order chi connectivity index (χ1) is 45.4. The molecule has 0 spiro atoms. The molecule has 0 bridgehead atoms. The van der Waals surface area contributed by atoms with Gasteiger partial charge < -0.3 is 33.8 Å². The number of carbonyl (C=O) groups excluding carboxylic acids is 4. The van der Waals surface area contributed by atoms with Crippen molar-refractivity contribution in [2.45, 2.75) is 407 Å². The first-order valence-corrected chi connectivity index (χ1v) is 42.0. The molecule has 17 nitrogen and oxygen atoms in total. The fraction of sp³-hybridized carbons (Fsp3) is 0.947. The summed E-state index contributed by atoms with van der Waals surface area (Å²) in [5.74, 6) is -0.504. The van der Waals surface area contributed by atoms with Gasteiger partial charge in [-0.15, -0.1) is 0 Å². The zero-order valence-electron chi connectivity index (χ0n) is 61.3. The average Bonchev–Trinajstić information content (AvgIpc) is 2.09. The molecular weight excluding hydrogens is 1230 g/mol. The molecule has 0 aromatic carbocycles. The summed E-state index contributed by atoms with van der Waals surface area (Å²) in [5.41, 5.74) is 0. The minimum Gasteiger partial charge on any atom is -0.462 e. The standard InChI is InChI=1S/C75H146O17P2/c1-7-10-12-14-15-16-17-18-19-20-24-30-35-40-46-52-58-73(78)86-64-71(92-75(80)60-53-47-41-36-31-25-22-21-23-29-34-39-45-50-56-68(6)9-3)66-90-94(83,84)88-62-69(76)61-87-93(81,82)89-65-70(63-85-72(77)57-51-43-13-11-8-2)91-74(79)59-54-48-42-37-32-27-26-28-33-38-44-49-55-67(4)5/h67-71,76H,7-66H2,1-6H3,(H,81,82)(H,83,84)/t68?,69-,70+,71+/m0/s1. The van der Waals surface area contributed by atoms with Crippen molar-refractivity contribution in [3.63, 3.8) is 0 Å². The first kappa shape index (κ1) is 92.1. The summed E-state index contributed by atoms with van der Waals surface area (Å²) in [6, 6.07) is 0. The van der Waals surface area contributed by atoms with Crippen LogP contribution < -0.4 is 0 Å². The predicted molar refractivity (Wildman–Crippen MR) is 381 cm³/mol. The van der Waals surface area contributed by atoms with Gasteiger partial charge in [-0.2, -0.15) is 0 Å². The van der Waals surface area contributed by atoms with Crippen molar-refractivity contribution in [3.05, 3.63) is 0 Å². The van der Waals surface area contributed by atoms with E-state index in [2.05, 4.69) is 41.5 Å². The van der Waals surface area contributed by atoms with E-state index in [1.165, 1.54) is 199 Å². The summed E-state index contributed by atoms with van der Waals surface area (Å²) in [7, 11) is -9.90. The maximum absolute atomic E-state index is 13.1. The van der Waals surface area contributed by atoms with Gasteiger partial charge in [0.25, 0.3) is 0 Å². The number of aliphatic hydroxyl groups is 1. The third-order valence-corrected chi connectivity index (χ3v) is 19.7. The lowest BCUT2D eigenvalue weighted by atomic mass is 9.99. The Morgan fingerprint density at radius 3 is 0.809 bits per heavy atom. The quantitative estimate of drug-likeness (QED) is 0.0222. The highest BCUT2D eigenvalue weighted by Crippen LogP contribution is 2.45. The Kier molecular flexibility index (Phi) is 65.5. The molecule has 0 aromatic rings. The average molecular weight is 1380 g/mol. The van der Waals surface area contributed by atoms with E-state index in [-0.39, 0.29) is 25.7 Å². The number of phosphoric acid groups is 2. The van der Waals surface area contributed by atoms with Crippen LogP contribution in [0.2, 0.25) is 0 Å². The second kappa shape index (κ2) is 66.9. The smallest absolute Gasteiger partial charge is 0.462 e. The van der Waals surface area contributed by atoms with E-state index in [4.69, 9.17) is 37.0 Å². The SMILES string of the molecule is CCCCCCCCCCCCCCCCCCC(=O)OC[C@H](COP(=O)(O)OC[C@@H](O)COP(=O)(O)OC[C@@H](COC(=O)CCCCCCC)OC(=O)CCCCCCCCCCCCCCC(C)C)OC(=O)CCCCCCCCCCCCCCCCC(C)CC. The van der Waals surface area contributed by atoms with Crippen molar-refractivity contribution < 1.29 is 80.2 Å². The van der Waals surface area contributed by atoms with Crippen LogP contribution in [0.4, 0.5) is 0 Å². The number of aliphatic hydroxyl groups excluding tert-OH is 1. The van der Waals surface area contributed by atoms with Crippen LogP contribution in [0.25, 0.3) is 0 Å². The molecule has 0 aliphatic rings. The van der Waals surface area contributed by atoms with Crippen molar-refractivity contribution >= 4 is 39.5 Å². The number of esters is 4. The highest BCUT2D eigenvalue weighted by molar-refractivity contribution is 7.47. The number of phosphoric ester groups is 2. The Morgan fingerprint density at radius 1 is 0.309 bits per heavy atom. The Labute approximate surface area is 575 Å². The number of rotatable bonds is 74. The zero-order valence-corrected chi connectivity index (χ0v) is 63.1. The summed E-state index contributed by atoms with van der Waals surface area (Å²) in [4.78, 5) is 72.5. The molecule has 558 valence electrons. The molecule has 0 fully saturated rings. The monoisotopic (exact) mass is 1380 g/mol. The van der Waals surface area contributed by atoms with E-state index < -0.39 is 97.5 Å². The third-order valence-electron chi connectivity index (χ3n) is 17.8. The van der Waals surface area contributed by atoms with E-state index in [1.54, 1.807) is 0 Å². The fourth-order valence-electron chi connectivity index (χ4n) is 11.4. The van der Waals surface area contributed by atoms with Crippen molar-refractivity contribution in [2.75, 3.05) is 39.6 Å². The molecule has 0 aliphatic carbocycles. The molecule has 0 aliphatic heterocycles. The van der Waals surface area contributed by atoms with Gasteiger partial charge in [-0.05, 0) is 37.5 Å². The molecule has 94 heavy (non-hydrogen) atoms. The molecule has 6 atom stereocenters. The normalized spacial score (nSPS) is 14.3. The van der Waals surface area contributed by atoms with Gasteiger partial charge in [-0.3, -0.25) is 37.3 Å². The number of hydrogen-bond donors (Lipinski definition) is 3. The molecule has 3 N–H and O–H groups in total. The highest BCUT2D eigenvalue weighted by Gasteiger charge is 2.30. The van der Waals surface area contributed by atoms with E-state index in [0.717, 1.165) is 108 Å². The van der Waals surface area contributed by atoms with Gasteiger partial charge in [0, 0.05) is 25.7 Å². The maximum atomic E-state index is 13.1. The van der Waals surface area contributed by atoms with E-state index in [1.807, 2.05) is 0 Å². The van der Waals surface area contributed by atoms with Gasteiger partial charge in [0.15, 0.2) is 12.2 Å². The summed E-state index contributed by atoms with van der Waals surface area (Å²) in [6.45, 7) is 9.57. The second-order valence-corrected chi connectivity index (χ2v) is 30.7. The Morgan fingerprint density at radius 2 is 0.543 bits per heavy atom. The lowest BCUT2D eigenvalue weighted by molar-refractivity contribution is -0.161. The minimum atomic E-state index is -4.95. The third kappa shape index (κ3) is 67.3. The lowest BCUT2D eigenvalue weighted by Gasteiger charge is -2.21. The molecule has 3 unspecified atom stereocenters. The van der Waals surface area contributed by atoms with Crippen LogP contribution in [-0.4, -0.2) is 96.7 Å². The number of hydrogen-bond acceptors (Lipinski definition) is 15. The van der Waals surface area contributed by atoms with Crippen LogP contribution in [-0.2, 0) is 65.4 Å². The summed E-state index contributed by atoms with van der Waals surface area (Å²) in [5, 5.41) is 10.6. The molecule has 0 saturated heterocycles. The minimum absolute atomic E-state index is 0.106. The Hall–Kier alpha value is -1.94. The van der Waals surface area contributed by atoms with Crippen LogP contribution in [0.15, 0.2) is 0 Å². The summed E-state index contributed by atoms with van der Waals surface area (Å²) >= 11 is 0. The molecule has 19 heteroatoms. The second-order valence-electron chi connectivity index (χ2n) is 27.8. The van der Waals surface area contributed by atoms with Crippen LogP contribution >= 0.6 is 15.6 Å². The fourth-order valence-corrected chi connectivity index (χ4v) is 13.0. The lowest BCUT2D eigenvalue weighted by Crippen LogP contribution is -2.30. The largest absolute Gasteiger partial charge is 0.472 e. The van der Waals surface area contributed by atoms with Crippen molar-refractivity contribution in [1.82, 2.24) is 0 Å². The van der Waals surface area contributed by atoms with Crippen LogP contribution in [0.3, 0.4) is 0 Å². The van der Waals surface area contributed by atoms with Gasteiger partial charge in [0.05, 0.1) is 26.4 Å². The van der Waals surface area contributed by atoms with Crippen molar-refractivity contribution in [1.29, 1.82) is 0 Å².